The zero-order valence-electron chi connectivity index (χ0n) is 18.2. The second kappa shape index (κ2) is 7.08. The summed E-state index contributed by atoms with van der Waals surface area (Å²) in [7, 11) is 0. The minimum Gasteiger partial charge on any atom is -0.462 e. The van der Waals surface area contributed by atoms with E-state index in [9.17, 15) is 4.79 Å². The monoisotopic (exact) mass is 459 g/mol. The number of esters is 1. The van der Waals surface area contributed by atoms with Gasteiger partial charge in [-0.1, -0.05) is 11.3 Å². The average molecular weight is 460 g/mol. The molecular weight excluding hydrogens is 434 g/mol. The highest BCUT2D eigenvalue weighted by Gasteiger charge is 2.42. The molecule has 31 heavy (non-hydrogen) atoms. The summed E-state index contributed by atoms with van der Waals surface area (Å²) >= 11 is 3.11. The van der Waals surface area contributed by atoms with Crippen LogP contribution in [-0.2, 0) is 16.7 Å². The van der Waals surface area contributed by atoms with E-state index in [2.05, 4.69) is 38.3 Å². The fourth-order valence-electron chi connectivity index (χ4n) is 4.50. The number of aromatic nitrogens is 1. The van der Waals surface area contributed by atoms with Crippen LogP contribution in [0.5, 0.6) is 11.5 Å². The molecule has 9 heteroatoms. The molecule has 0 amide bonds. The number of nitrogens with one attached hydrogen (secondary N) is 2. The van der Waals surface area contributed by atoms with Crippen LogP contribution in [-0.4, -0.2) is 29.9 Å². The number of hydrogen-bond acceptors (Lipinski definition) is 9. The summed E-state index contributed by atoms with van der Waals surface area (Å²) < 4.78 is 17.4. The van der Waals surface area contributed by atoms with E-state index < -0.39 is 0 Å². The molecule has 0 bridgehead atoms. The molecule has 0 saturated heterocycles. The highest BCUT2D eigenvalue weighted by atomic mass is 32.1. The number of anilines is 2. The van der Waals surface area contributed by atoms with Crippen LogP contribution in [0.2, 0.25) is 0 Å². The number of rotatable bonds is 4. The highest BCUT2D eigenvalue weighted by Crippen LogP contribution is 2.47. The number of thiophene rings is 1. The van der Waals surface area contributed by atoms with Gasteiger partial charge in [0.15, 0.2) is 16.6 Å². The van der Waals surface area contributed by atoms with Gasteiger partial charge in [-0.05, 0) is 46.6 Å². The third-order valence-corrected chi connectivity index (χ3v) is 7.83. The van der Waals surface area contributed by atoms with Crippen molar-refractivity contribution in [1.29, 1.82) is 0 Å². The van der Waals surface area contributed by atoms with E-state index in [1.165, 1.54) is 11.3 Å². The van der Waals surface area contributed by atoms with Crippen LogP contribution in [0.15, 0.2) is 12.1 Å². The molecule has 0 radical (unpaired) electrons. The van der Waals surface area contributed by atoms with Gasteiger partial charge in [-0.15, -0.1) is 11.3 Å². The van der Waals surface area contributed by atoms with Crippen LogP contribution in [0.3, 0.4) is 0 Å². The summed E-state index contributed by atoms with van der Waals surface area (Å²) in [4.78, 5) is 18.9. The molecule has 2 aromatic heterocycles. The van der Waals surface area contributed by atoms with Gasteiger partial charge in [0.2, 0.25) is 6.79 Å². The Morgan fingerprint density at radius 3 is 2.71 bits per heavy atom. The molecule has 2 N–H and O–H groups in total. The summed E-state index contributed by atoms with van der Waals surface area (Å²) in [6, 6.07) is 3.84. The van der Waals surface area contributed by atoms with Crippen molar-refractivity contribution in [3.05, 3.63) is 28.1 Å². The van der Waals surface area contributed by atoms with E-state index in [0.717, 1.165) is 37.8 Å². The van der Waals surface area contributed by atoms with E-state index in [1.807, 2.05) is 19.1 Å². The third kappa shape index (κ3) is 3.54. The number of nitrogens with zero attached hydrogens (tertiary/aromatic N) is 1. The number of ether oxygens (including phenoxy) is 3. The van der Waals surface area contributed by atoms with Crippen LogP contribution in [0.25, 0.3) is 10.2 Å². The van der Waals surface area contributed by atoms with Crippen molar-refractivity contribution >= 4 is 49.0 Å². The molecule has 7 nitrogen and oxygen atoms in total. The highest BCUT2D eigenvalue weighted by molar-refractivity contribution is 7.23. The van der Waals surface area contributed by atoms with E-state index >= 15 is 0 Å². The first kappa shape index (κ1) is 20.5. The number of fused-ring (bicyclic) bond motifs is 3. The van der Waals surface area contributed by atoms with Gasteiger partial charge in [-0.25, -0.2) is 9.78 Å². The Balaban J connectivity index is 1.58. The standard InChI is InChI=1S/C22H25N3O4S2/c1-6-27-19(26)16-11-9-21(2,3)25-22(4,5)17(11)31-18(16)24-20-23-12-7-13-14(29-10-28-13)8-15(12)30-20/h7-8,25H,6,9-10H2,1-5H3,(H,23,24). The molecule has 1 aromatic carbocycles. The van der Waals surface area contributed by atoms with Crippen LogP contribution < -0.4 is 20.1 Å². The van der Waals surface area contributed by atoms with Gasteiger partial charge < -0.3 is 24.8 Å². The van der Waals surface area contributed by atoms with E-state index in [0.29, 0.717) is 23.1 Å². The minimum atomic E-state index is -0.294. The molecule has 2 aliphatic heterocycles. The lowest BCUT2D eigenvalue weighted by atomic mass is 9.81. The van der Waals surface area contributed by atoms with Crippen LogP contribution in [0.4, 0.5) is 10.1 Å². The first-order chi connectivity index (χ1) is 14.7. The molecule has 5 rings (SSSR count). The topological polar surface area (TPSA) is 81.7 Å². The fraction of sp³-hybridized carbons (Fsp3) is 0.455. The summed E-state index contributed by atoms with van der Waals surface area (Å²) in [5, 5.41) is 8.60. The first-order valence-corrected chi connectivity index (χ1v) is 11.9. The average Bonchev–Trinajstić information content (AvgIpc) is 3.34. The van der Waals surface area contributed by atoms with E-state index in [4.69, 9.17) is 19.2 Å². The molecule has 0 spiro atoms. The fourth-order valence-corrected chi connectivity index (χ4v) is 6.71. The Hall–Kier alpha value is -2.36. The number of carbonyl (C=O) groups is 1. The van der Waals surface area contributed by atoms with Gasteiger partial charge in [0.1, 0.15) is 5.00 Å². The summed E-state index contributed by atoms with van der Waals surface area (Å²) in [6.07, 6.45) is 0.749. The predicted molar refractivity (Wildman–Crippen MR) is 123 cm³/mol. The van der Waals surface area contributed by atoms with Crippen molar-refractivity contribution in [2.24, 2.45) is 0 Å². The molecule has 0 saturated carbocycles. The Bertz CT molecular complexity index is 1150. The van der Waals surface area contributed by atoms with Crippen LogP contribution in [0.1, 0.15) is 55.4 Å². The molecule has 0 unspecified atom stereocenters. The SMILES string of the molecule is CCOC(=O)c1c(Nc2nc3cc4c(cc3s2)OCO4)sc2c1CC(C)(C)NC2(C)C. The van der Waals surface area contributed by atoms with Crippen molar-refractivity contribution in [3.8, 4) is 11.5 Å². The second-order valence-electron chi connectivity index (χ2n) is 8.96. The lowest BCUT2D eigenvalue weighted by Gasteiger charge is -2.42. The van der Waals surface area contributed by atoms with Gasteiger partial charge in [-0.2, -0.15) is 0 Å². The first-order valence-electron chi connectivity index (χ1n) is 10.3. The van der Waals surface area contributed by atoms with Gasteiger partial charge in [0.05, 0.1) is 22.4 Å². The van der Waals surface area contributed by atoms with E-state index in [-0.39, 0.29) is 23.8 Å². The zero-order chi connectivity index (χ0) is 22.0. The normalized spacial score (nSPS) is 18.1. The minimum absolute atomic E-state index is 0.132. The molecule has 164 valence electrons. The maximum Gasteiger partial charge on any atom is 0.341 e. The van der Waals surface area contributed by atoms with Gasteiger partial charge in [0.25, 0.3) is 0 Å². The van der Waals surface area contributed by atoms with Gasteiger partial charge in [-0.3, -0.25) is 0 Å². The lowest BCUT2D eigenvalue weighted by molar-refractivity contribution is 0.0525. The summed E-state index contributed by atoms with van der Waals surface area (Å²) in [6.45, 7) is 11.0. The van der Waals surface area contributed by atoms with Crippen LogP contribution in [0, 0.1) is 0 Å². The van der Waals surface area contributed by atoms with Crippen molar-refractivity contribution in [3.63, 3.8) is 0 Å². The van der Waals surface area contributed by atoms with Crippen LogP contribution >= 0.6 is 22.7 Å². The molecular formula is C22H25N3O4S2. The maximum absolute atomic E-state index is 13.0. The quantitative estimate of drug-likeness (QED) is 0.521. The second-order valence-corrected chi connectivity index (χ2v) is 11.0. The Morgan fingerprint density at radius 1 is 1.23 bits per heavy atom. The number of hydrogen-bond donors (Lipinski definition) is 2. The zero-order valence-corrected chi connectivity index (χ0v) is 19.8. The Morgan fingerprint density at radius 2 is 1.97 bits per heavy atom. The Kier molecular flexibility index (Phi) is 4.69. The largest absolute Gasteiger partial charge is 0.462 e. The summed E-state index contributed by atoms with van der Waals surface area (Å²) in [5.74, 6) is 1.15. The predicted octanol–water partition coefficient (Wildman–Crippen LogP) is 5.17. The molecule has 0 atom stereocenters. The number of benzene rings is 1. The van der Waals surface area contributed by atoms with Gasteiger partial charge >= 0.3 is 5.97 Å². The number of carbonyl (C=O) groups excluding carboxylic acids is 1. The maximum atomic E-state index is 13.0. The smallest absolute Gasteiger partial charge is 0.341 e. The summed E-state index contributed by atoms with van der Waals surface area (Å²) in [5.41, 5.74) is 2.12. The Labute approximate surface area is 188 Å². The molecule has 2 aliphatic rings. The molecule has 3 aromatic rings. The van der Waals surface area contributed by atoms with Crippen molar-refractivity contribution < 1.29 is 19.0 Å². The lowest BCUT2D eigenvalue weighted by Crippen LogP contribution is -2.55. The number of thiazole rings is 1. The van der Waals surface area contributed by atoms with Crippen molar-refractivity contribution in [2.45, 2.75) is 52.1 Å². The molecule has 4 heterocycles. The van der Waals surface area contributed by atoms with Gasteiger partial charge in [0, 0.05) is 28.1 Å². The van der Waals surface area contributed by atoms with Crippen molar-refractivity contribution in [2.75, 3.05) is 18.7 Å². The van der Waals surface area contributed by atoms with E-state index in [1.54, 1.807) is 11.3 Å². The third-order valence-electron chi connectivity index (χ3n) is 5.43. The molecule has 0 aliphatic carbocycles. The van der Waals surface area contributed by atoms with Crippen molar-refractivity contribution in [1.82, 2.24) is 10.3 Å². The molecule has 0 fully saturated rings.